The fourth-order valence-corrected chi connectivity index (χ4v) is 2.18. The number of aromatic nitrogens is 2. The van der Waals surface area contributed by atoms with Crippen molar-refractivity contribution in [1.29, 1.82) is 0 Å². The molecule has 0 amide bonds. The van der Waals surface area contributed by atoms with E-state index in [2.05, 4.69) is 37.6 Å². The van der Waals surface area contributed by atoms with E-state index in [0.29, 0.717) is 6.54 Å². The maximum atomic E-state index is 5.66. The van der Waals surface area contributed by atoms with Gasteiger partial charge < -0.3 is 10.3 Å². The Kier molecular flexibility index (Phi) is 3.64. The summed E-state index contributed by atoms with van der Waals surface area (Å²) in [4.78, 5) is 4.62. The van der Waals surface area contributed by atoms with Gasteiger partial charge in [-0.2, -0.15) is 0 Å². The third kappa shape index (κ3) is 2.42. The van der Waals surface area contributed by atoms with Crippen LogP contribution in [0, 0.1) is 6.92 Å². The van der Waals surface area contributed by atoms with Crippen LogP contribution in [0.15, 0.2) is 28.7 Å². The van der Waals surface area contributed by atoms with E-state index >= 15 is 0 Å². The predicted molar refractivity (Wildman–Crippen MR) is 73.8 cm³/mol. The van der Waals surface area contributed by atoms with Crippen molar-refractivity contribution in [2.75, 3.05) is 6.54 Å². The molecule has 0 aliphatic rings. The number of imidazole rings is 1. The van der Waals surface area contributed by atoms with E-state index in [1.807, 2.05) is 26.1 Å². The van der Waals surface area contributed by atoms with Crippen molar-refractivity contribution in [1.82, 2.24) is 9.55 Å². The number of hydrogen-bond acceptors (Lipinski definition) is 2. The first-order chi connectivity index (χ1) is 8.13. The molecular weight excluding hydrogens is 278 g/mol. The summed E-state index contributed by atoms with van der Waals surface area (Å²) in [6.07, 6.45) is 0.850. The van der Waals surface area contributed by atoms with Crippen LogP contribution in [0.25, 0.3) is 11.3 Å². The van der Waals surface area contributed by atoms with Gasteiger partial charge in [-0.05, 0) is 25.6 Å². The number of nitrogens with zero attached hydrogens (tertiary/aromatic N) is 2. The summed E-state index contributed by atoms with van der Waals surface area (Å²) >= 11 is 3.44. The van der Waals surface area contributed by atoms with Crippen LogP contribution in [0.2, 0.25) is 0 Å². The third-order valence-electron chi connectivity index (χ3n) is 2.94. The Bertz CT molecular complexity index is 514. The zero-order valence-electron chi connectivity index (χ0n) is 10.1. The Labute approximate surface area is 110 Å². The number of rotatable bonds is 3. The first-order valence-electron chi connectivity index (χ1n) is 5.61. The van der Waals surface area contributed by atoms with E-state index in [-0.39, 0.29) is 0 Å². The second-order valence-electron chi connectivity index (χ2n) is 4.06. The van der Waals surface area contributed by atoms with Gasteiger partial charge in [0.25, 0.3) is 0 Å². The fraction of sp³-hybridized carbons (Fsp3) is 0.308. The molecule has 0 bridgehead atoms. The number of benzene rings is 1. The topological polar surface area (TPSA) is 43.8 Å². The Morgan fingerprint density at radius 1 is 1.29 bits per heavy atom. The van der Waals surface area contributed by atoms with Gasteiger partial charge in [-0.3, -0.25) is 0 Å². The Morgan fingerprint density at radius 3 is 2.53 bits per heavy atom. The molecule has 0 fully saturated rings. The molecule has 2 aromatic rings. The van der Waals surface area contributed by atoms with Crippen LogP contribution in [-0.4, -0.2) is 16.1 Å². The van der Waals surface area contributed by atoms with E-state index in [9.17, 15) is 0 Å². The van der Waals surface area contributed by atoms with Crippen LogP contribution in [0.5, 0.6) is 0 Å². The molecule has 4 heteroatoms. The van der Waals surface area contributed by atoms with Crippen LogP contribution in [0.3, 0.4) is 0 Å². The van der Waals surface area contributed by atoms with Gasteiger partial charge in [0.05, 0.1) is 5.69 Å². The standard InChI is InChI=1S/C13H16BrN3/c1-9-16-13(12(7-8-15)17(9)2)10-3-5-11(14)6-4-10/h3-6H,7-8,15H2,1-2H3. The van der Waals surface area contributed by atoms with Gasteiger partial charge in [-0.15, -0.1) is 0 Å². The number of nitrogens with two attached hydrogens (primary N) is 1. The van der Waals surface area contributed by atoms with Gasteiger partial charge in [0.15, 0.2) is 0 Å². The third-order valence-corrected chi connectivity index (χ3v) is 3.46. The first-order valence-corrected chi connectivity index (χ1v) is 6.41. The Morgan fingerprint density at radius 2 is 1.94 bits per heavy atom. The van der Waals surface area contributed by atoms with Gasteiger partial charge >= 0.3 is 0 Å². The van der Waals surface area contributed by atoms with E-state index in [0.717, 1.165) is 28.0 Å². The average molecular weight is 294 g/mol. The SMILES string of the molecule is Cc1nc(-c2ccc(Br)cc2)c(CCN)n1C. The van der Waals surface area contributed by atoms with Gasteiger partial charge in [0.1, 0.15) is 5.82 Å². The van der Waals surface area contributed by atoms with Crippen molar-refractivity contribution in [3.05, 3.63) is 40.3 Å². The number of halogens is 1. The summed E-state index contributed by atoms with van der Waals surface area (Å²) < 4.78 is 3.19. The van der Waals surface area contributed by atoms with Gasteiger partial charge in [0.2, 0.25) is 0 Å². The van der Waals surface area contributed by atoms with Crippen molar-refractivity contribution < 1.29 is 0 Å². The van der Waals surface area contributed by atoms with Crippen LogP contribution >= 0.6 is 15.9 Å². The zero-order chi connectivity index (χ0) is 12.4. The summed E-state index contributed by atoms with van der Waals surface area (Å²) in [6.45, 7) is 2.66. The smallest absolute Gasteiger partial charge is 0.106 e. The van der Waals surface area contributed by atoms with Crippen molar-refractivity contribution in [2.45, 2.75) is 13.3 Å². The lowest BCUT2D eigenvalue weighted by atomic mass is 10.1. The summed E-state index contributed by atoms with van der Waals surface area (Å²) in [5, 5.41) is 0. The molecule has 0 saturated heterocycles. The highest BCUT2D eigenvalue weighted by Gasteiger charge is 2.12. The van der Waals surface area contributed by atoms with Gasteiger partial charge in [-0.1, -0.05) is 28.1 Å². The molecule has 90 valence electrons. The van der Waals surface area contributed by atoms with E-state index in [4.69, 9.17) is 5.73 Å². The highest BCUT2D eigenvalue weighted by molar-refractivity contribution is 9.10. The summed E-state index contributed by atoms with van der Waals surface area (Å²) in [5.74, 6) is 1.02. The van der Waals surface area contributed by atoms with E-state index < -0.39 is 0 Å². The summed E-state index contributed by atoms with van der Waals surface area (Å²) in [7, 11) is 2.04. The molecule has 17 heavy (non-hydrogen) atoms. The monoisotopic (exact) mass is 293 g/mol. The highest BCUT2D eigenvalue weighted by Crippen LogP contribution is 2.25. The lowest BCUT2D eigenvalue weighted by Crippen LogP contribution is -2.08. The number of hydrogen-bond donors (Lipinski definition) is 1. The zero-order valence-corrected chi connectivity index (χ0v) is 11.7. The maximum absolute atomic E-state index is 5.66. The lowest BCUT2D eigenvalue weighted by Gasteiger charge is -2.05. The van der Waals surface area contributed by atoms with E-state index in [1.54, 1.807) is 0 Å². The first kappa shape index (κ1) is 12.3. The lowest BCUT2D eigenvalue weighted by molar-refractivity contribution is 0.778. The quantitative estimate of drug-likeness (QED) is 0.945. The highest BCUT2D eigenvalue weighted by atomic mass is 79.9. The number of aryl methyl sites for hydroxylation is 1. The minimum Gasteiger partial charge on any atom is -0.335 e. The molecule has 2 rings (SSSR count). The van der Waals surface area contributed by atoms with Crippen molar-refractivity contribution in [2.24, 2.45) is 12.8 Å². The van der Waals surface area contributed by atoms with Crippen LogP contribution in [0.4, 0.5) is 0 Å². The summed E-state index contributed by atoms with van der Waals surface area (Å²) in [5.41, 5.74) is 9.05. The molecule has 0 atom stereocenters. The molecular formula is C13H16BrN3. The second kappa shape index (κ2) is 5.02. The molecule has 0 aliphatic heterocycles. The maximum Gasteiger partial charge on any atom is 0.106 e. The van der Waals surface area contributed by atoms with Gasteiger partial charge in [-0.25, -0.2) is 4.98 Å². The van der Waals surface area contributed by atoms with Gasteiger partial charge in [0, 0.05) is 29.2 Å². The molecule has 0 spiro atoms. The minimum absolute atomic E-state index is 0.641. The molecule has 1 aromatic heterocycles. The Balaban J connectivity index is 2.50. The molecule has 3 nitrogen and oxygen atoms in total. The van der Waals surface area contributed by atoms with Crippen molar-refractivity contribution >= 4 is 15.9 Å². The fourth-order valence-electron chi connectivity index (χ4n) is 1.92. The molecule has 0 unspecified atom stereocenters. The van der Waals surface area contributed by atoms with Crippen LogP contribution < -0.4 is 5.73 Å². The normalized spacial score (nSPS) is 10.8. The largest absolute Gasteiger partial charge is 0.335 e. The molecule has 2 N–H and O–H groups in total. The molecule has 0 radical (unpaired) electrons. The minimum atomic E-state index is 0.641. The molecule has 0 saturated carbocycles. The van der Waals surface area contributed by atoms with Crippen LogP contribution in [0.1, 0.15) is 11.5 Å². The summed E-state index contributed by atoms with van der Waals surface area (Å²) in [6, 6.07) is 8.22. The Hall–Kier alpha value is -1.13. The molecule has 1 aromatic carbocycles. The van der Waals surface area contributed by atoms with Crippen LogP contribution in [-0.2, 0) is 13.5 Å². The predicted octanol–water partition coefficient (Wildman–Crippen LogP) is 2.66. The van der Waals surface area contributed by atoms with Crippen molar-refractivity contribution in [3.63, 3.8) is 0 Å². The molecule has 1 heterocycles. The molecule has 0 aliphatic carbocycles. The van der Waals surface area contributed by atoms with E-state index in [1.165, 1.54) is 5.69 Å². The average Bonchev–Trinajstić information content (AvgIpc) is 2.59. The second-order valence-corrected chi connectivity index (χ2v) is 4.97. The van der Waals surface area contributed by atoms with Crippen molar-refractivity contribution in [3.8, 4) is 11.3 Å².